The van der Waals surface area contributed by atoms with Gasteiger partial charge in [-0.2, -0.15) is 13.2 Å². The number of alkyl halides is 3. The standard InChI is InChI=1S/C27H26Cl2F3N3O4/c1-4-39-22(36)14-34-7-9-35(10-8-34)26(38)17-5-6-19(28)23(24(17)29)25(37)21-13-18-15(2)11-16(27(30,31)32)12-20(18)33(21)3/h5-6,11-13H,4,7-10,14H2,1-3H3. The summed E-state index contributed by atoms with van der Waals surface area (Å²) in [6.45, 7) is 5.28. The van der Waals surface area contributed by atoms with Gasteiger partial charge in [0, 0.05) is 44.1 Å². The maximum absolute atomic E-state index is 13.6. The molecule has 0 radical (unpaired) electrons. The summed E-state index contributed by atoms with van der Waals surface area (Å²) in [5, 5.41) is 0.359. The molecule has 1 fully saturated rings. The first-order valence-electron chi connectivity index (χ1n) is 12.2. The van der Waals surface area contributed by atoms with Crippen LogP contribution in [0, 0.1) is 6.92 Å². The van der Waals surface area contributed by atoms with E-state index >= 15 is 0 Å². The minimum Gasteiger partial charge on any atom is -0.465 e. The number of benzene rings is 2. The molecule has 208 valence electrons. The first kappa shape index (κ1) is 28.9. The third-order valence-electron chi connectivity index (χ3n) is 6.79. The zero-order valence-corrected chi connectivity index (χ0v) is 23.0. The molecule has 2 aromatic carbocycles. The third-order valence-corrected chi connectivity index (χ3v) is 7.50. The summed E-state index contributed by atoms with van der Waals surface area (Å²) < 4.78 is 46.5. The second-order valence-corrected chi connectivity index (χ2v) is 10.1. The van der Waals surface area contributed by atoms with Gasteiger partial charge in [0.05, 0.1) is 45.6 Å². The number of hydrogen-bond acceptors (Lipinski definition) is 5. The number of halogens is 5. The molecule has 1 aliphatic heterocycles. The second-order valence-electron chi connectivity index (χ2n) is 9.30. The largest absolute Gasteiger partial charge is 0.465 e. The van der Waals surface area contributed by atoms with Crippen molar-refractivity contribution in [2.45, 2.75) is 20.0 Å². The van der Waals surface area contributed by atoms with Crippen LogP contribution in [0.3, 0.4) is 0 Å². The molecular weight excluding hydrogens is 558 g/mol. The fourth-order valence-electron chi connectivity index (χ4n) is 4.71. The van der Waals surface area contributed by atoms with Gasteiger partial charge in [0.2, 0.25) is 5.78 Å². The molecule has 0 saturated carbocycles. The van der Waals surface area contributed by atoms with Crippen LogP contribution in [0.5, 0.6) is 0 Å². The van der Waals surface area contributed by atoms with Crippen molar-refractivity contribution in [3.8, 4) is 0 Å². The Kier molecular flexibility index (Phi) is 8.30. The van der Waals surface area contributed by atoms with Crippen LogP contribution in [0.25, 0.3) is 10.9 Å². The van der Waals surface area contributed by atoms with Crippen LogP contribution in [0.4, 0.5) is 13.2 Å². The van der Waals surface area contributed by atoms with E-state index in [2.05, 4.69) is 0 Å². The van der Waals surface area contributed by atoms with Gasteiger partial charge in [-0.15, -0.1) is 0 Å². The first-order valence-corrected chi connectivity index (χ1v) is 13.0. The predicted octanol–water partition coefficient (Wildman–Crippen LogP) is 5.36. The van der Waals surface area contributed by atoms with E-state index in [0.717, 1.165) is 12.1 Å². The normalized spacial score (nSPS) is 14.6. The molecule has 3 aromatic rings. The van der Waals surface area contributed by atoms with Crippen molar-refractivity contribution in [2.24, 2.45) is 7.05 Å². The fraction of sp³-hybridized carbons (Fsp3) is 0.370. The SMILES string of the molecule is CCOC(=O)CN1CCN(C(=O)c2ccc(Cl)c(C(=O)c3cc4c(C)cc(C(F)(F)F)cc4n3C)c2Cl)CC1. The van der Waals surface area contributed by atoms with Gasteiger partial charge in [0.25, 0.3) is 5.91 Å². The lowest BCUT2D eigenvalue weighted by atomic mass is 10.0. The van der Waals surface area contributed by atoms with Crippen molar-refractivity contribution >= 4 is 51.8 Å². The molecule has 4 rings (SSSR count). The quantitative estimate of drug-likeness (QED) is 0.288. The molecule has 2 heterocycles. The Morgan fingerprint density at radius 2 is 1.69 bits per heavy atom. The number of hydrogen-bond donors (Lipinski definition) is 0. The number of ether oxygens (including phenoxy) is 1. The average Bonchev–Trinajstić information content (AvgIpc) is 3.21. The number of esters is 1. The van der Waals surface area contributed by atoms with Crippen molar-refractivity contribution in [1.82, 2.24) is 14.4 Å². The summed E-state index contributed by atoms with van der Waals surface area (Å²) in [4.78, 5) is 42.2. The van der Waals surface area contributed by atoms with Gasteiger partial charge >= 0.3 is 12.1 Å². The summed E-state index contributed by atoms with van der Waals surface area (Å²) in [6, 6.07) is 6.36. The highest BCUT2D eigenvalue weighted by molar-refractivity contribution is 6.42. The summed E-state index contributed by atoms with van der Waals surface area (Å²) in [6.07, 6.45) is -4.54. The molecule has 0 bridgehead atoms. The molecule has 0 aliphatic carbocycles. The van der Waals surface area contributed by atoms with Crippen LogP contribution in [0.2, 0.25) is 10.0 Å². The van der Waals surface area contributed by atoms with E-state index in [1.165, 1.54) is 36.7 Å². The number of carbonyl (C=O) groups excluding carboxylic acids is 3. The summed E-state index contributed by atoms with van der Waals surface area (Å²) in [5.41, 5.74) is -0.182. The van der Waals surface area contributed by atoms with E-state index in [1.54, 1.807) is 11.8 Å². The number of ketones is 1. The number of aromatic nitrogens is 1. The highest BCUT2D eigenvalue weighted by Crippen LogP contribution is 2.36. The first-order chi connectivity index (χ1) is 18.3. The Balaban J connectivity index is 1.62. The predicted molar refractivity (Wildman–Crippen MR) is 142 cm³/mol. The van der Waals surface area contributed by atoms with E-state index in [-0.39, 0.29) is 44.9 Å². The molecular formula is C27H26Cl2F3N3O4. The minimum absolute atomic E-state index is 0.0127. The maximum atomic E-state index is 13.6. The number of fused-ring (bicyclic) bond motifs is 1. The van der Waals surface area contributed by atoms with E-state index < -0.39 is 23.4 Å². The van der Waals surface area contributed by atoms with Gasteiger partial charge in [-0.25, -0.2) is 0 Å². The number of piperazine rings is 1. The van der Waals surface area contributed by atoms with Crippen molar-refractivity contribution in [1.29, 1.82) is 0 Å². The summed E-state index contributed by atoms with van der Waals surface area (Å²) in [7, 11) is 1.49. The van der Waals surface area contributed by atoms with Gasteiger partial charge in [-0.1, -0.05) is 23.2 Å². The van der Waals surface area contributed by atoms with Crippen molar-refractivity contribution in [2.75, 3.05) is 39.3 Å². The lowest BCUT2D eigenvalue weighted by Gasteiger charge is -2.34. The highest BCUT2D eigenvalue weighted by Gasteiger charge is 2.33. The van der Waals surface area contributed by atoms with E-state index in [9.17, 15) is 27.6 Å². The van der Waals surface area contributed by atoms with Gasteiger partial charge in [-0.3, -0.25) is 19.3 Å². The summed E-state index contributed by atoms with van der Waals surface area (Å²) >= 11 is 12.9. The topological polar surface area (TPSA) is 71.8 Å². The molecule has 0 N–H and O–H groups in total. The molecule has 12 heteroatoms. The average molecular weight is 584 g/mol. The Bertz CT molecular complexity index is 1460. The Morgan fingerprint density at radius 3 is 2.31 bits per heavy atom. The van der Waals surface area contributed by atoms with Gasteiger partial charge in [0.1, 0.15) is 0 Å². The number of nitrogens with zero attached hydrogens (tertiary/aromatic N) is 3. The number of aryl methyl sites for hydroxylation is 2. The lowest BCUT2D eigenvalue weighted by Crippen LogP contribution is -2.50. The molecule has 1 amide bonds. The second kappa shape index (κ2) is 11.2. The summed E-state index contributed by atoms with van der Waals surface area (Å²) in [5.74, 6) is -1.35. The van der Waals surface area contributed by atoms with E-state index in [0.29, 0.717) is 43.7 Å². The van der Waals surface area contributed by atoms with Crippen molar-refractivity contribution < 1.29 is 32.3 Å². The zero-order chi connectivity index (χ0) is 28.6. The van der Waals surface area contributed by atoms with E-state index in [4.69, 9.17) is 27.9 Å². The lowest BCUT2D eigenvalue weighted by molar-refractivity contribution is -0.144. The molecule has 1 aromatic heterocycles. The Morgan fingerprint density at radius 1 is 1.03 bits per heavy atom. The van der Waals surface area contributed by atoms with Crippen LogP contribution < -0.4 is 0 Å². The van der Waals surface area contributed by atoms with Crippen molar-refractivity contribution in [3.63, 3.8) is 0 Å². The Hall–Kier alpha value is -3.08. The minimum atomic E-state index is -4.54. The monoisotopic (exact) mass is 583 g/mol. The molecule has 7 nitrogen and oxygen atoms in total. The molecule has 1 aliphatic rings. The molecule has 0 atom stereocenters. The van der Waals surface area contributed by atoms with Crippen molar-refractivity contribution in [3.05, 3.63) is 68.3 Å². The van der Waals surface area contributed by atoms with Gasteiger partial charge in [0.15, 0.2) is 0 Å². The molecule has 39 heavy (non-hydrogen) atoms. The number of carbonyl (C=O) groups is 3. The van der Waals surface area contributed by atoms with Gasteiger partial charge < -0.3 is 14.2 Å². The van der Waals surface area contributed by atoms with Crippen LogP contribution in [0.1, 0.15) is 44.5 Å². The smallest absolute Gasteiger partial charge is 0.416 e. The van der Waals surface area contributed by atoms with Crippen LogP contribution in [-0.4, -0.2) is 71.4 Å². The molecule has 1 saturated heterocycles. The van der Waals surface area contributed by atoms with Crippen LogP contribution >= 0.6 is 23.2 Å². The highest BCUT2D eigenvalue weighted by atomic mass is 35.5. The third kappa shape index (κ3) is 5.78. The number of rotatable bonds is 6. The molecule has 0 spiro atoms. The zero-order valence-electron chi connectivity index (χ0n) is 21.5. The van der Waals surface area contributed by atoms with Crippen LogP contribution in [-0.2, 0) is 22.8 Å². The Labute approximate surface area is 233 Å². The number of amides is 1. The van der Waals surface area contributed by atoms with Crippen LogP contribution in [0.15, 0.2) is 30.3 Å². The fourth-order valence-corrected chi connectivity index (χ4v) is 5.34. The van der Waals surface area contributed by atoms with Gasteiger partial charge in [-0.05, 0) is 49.7 Å². The maximum Gasteiger partial charge on any atom is 0.416 e. The van der Waals surface area contributed by atoms with E-state index in [1.807, 2.05) is 4.90 Å². The molecule has 0 unspecified atom stereocenters.